The van der Waals surface area contributed by atoms with Gasteiger partial charge in [-0.2, -0.15) is 67.3 Å². The second-order valence-electron chi connectivity index (χ2n) is 34.0. The molecule has 0 aliphatic carbocycles. The summed E-state index contributed by atoms with van der Waals surface area (Å²) in [6.07, 6.45) is 4.37. The average Bonchev–Trinajstić information content (AvgIpc) is 1.52. The summed E-state index contributed by atoms with van der Waals surface area (Å²) < 4.78 is 343. The molecule has 0 spiro atoms. The van der Waals surface area contributed by atoms with Crippen LogP contribution in [0.4, 0.5) is 28.4 Å². The van der Waals surface area contributed by atoms with E-state index in [0.29, 0.717) is 66.8 Å². The molecule has 1 radical (unpaired) electrons. The number of carboxylic acids is 1. The second-order valence-corrected chi connectivity index (χ2v) is 34.0. The van der Waals surface area contributed by atoms with Crippen molar-refractivity contribution < 1.29 is 146 Å². The van der Waals surface area contributed by atoms with Crippen LogP contribution in [0.2, 0.25) is 0 Å². The third-order valence-corrected chi connectivity index (χ3v) is 24.2. The molecule has 9 aromatic heterocycles. The van der Waals surface area contributed by atoms with E-state index in [1.165, 1.54) is 68.9 Å². The predicted octanol–water partition coefficient (Wildman–Crippen LogP) is 31.6. The minimum Gasteiger partial charge on any atom is -0.510 e. The Bertz CT molecular complexity index is 10700. The number of nitrogens with zero attached hydrogens (tertiary/aromatic N) is 13. The largest absolute Gasteiger partial charge is 3.00 e. The maximum atomic E-state index is 10.1. The van der Waals surface area contributed by atoms with Crippen molar-refractivity contribution in [2.24, 2.45) is 0 Å². The third-order valence-electron chi connectivity index (χ3n) is 24.2. The zero-order valence-corrected chi connectivity index (χ0v) is 91.4. The SMILES string of the molecule is CN1C=CN(c2[c-]cccc2)[CH-]1.O=C(O)c1ccccn1.[2H]c1[c-]c2c(c([2H])c1[2H])c1c([2H])c(C)c([2H])c([2H])c1n1c(-c3c(C)c([2H])c([2H])c([2H])c3C)c([2H])nc21.[2H]c1[c-]c2c(c([2H])c1[2H])c1c([2H])c(C)c([2H])c([2H])c1n1c(-c3c(C)c([2H])c([2H])c([2H])c3C)c([2H])nc21.[2H]c1[c-]c2c(c([2H])c1[2H])c1c([2H])c(C)c([2H])c([2H])c1n1c(-c3c(C)c([2H])c([2H])c([2H])c3C)c([2H])nc21.[2H]c1[c-]c2c(c([2H])c1[2H])c1c([2H])c(C)c([2H])c([2H])c1n1c(-c3c(C)c([2H])c([2H])c([2H])c3C)c([2H])nc21.[Ir+3].[Ir+3].[Ir].[Pt].[c-]1ccccc1N1[CH-]N(c2ccccc2)c2ccccc21. The zero-order valence-electron chi connectivity index (χ0n) is 122. The molecule has 27 rings (SSSR count). The molecule has 0 saturated heterocycles. The summed E-state index contributed by atoms with van der Waals surface area (Å²) in [7, 11) is 2.00. The monoisotopic (exact) mass is 2710 g/mol. The topological polar surface area (TPSA) is 132 Å². The Hall–Kier alpha value is -15.4. The molecule has 0 amide bonds. The van der Waals surface area contributed by atoms with Crippen LogP contribution >= 0.6 is 0 Å². The minimum absolute atomic E-state index is 0. The Balaban J connectivity index is 0.000000149. The second kappa shape index (κ2) is 46.1. The van der Waals surface area contributed by atoms with E-state index < -0.39 is 30.1 Å². The molecule has 2 aliphatic rings. The van der Waals surface area contributed by atoms with Crippen LogP contribution in [-0.4, -0.2) is 65.5 Å². The van der Waals surface area contributed by atoms with Crippen molar-refractivity contribution in [2.45, 2.75) is 83.1 Å². The molecule has 16 aromatic carbocycles. The quantitative estimate of drug-likeness (QED) is 0.115. The maximum absolute atomic E-state index is 10.1. The van der Waals surface area contributed by atoms with Crippen LogP contribution < -0.4 is 14.7 Å². The van der Waals surface area contributed by atoms with Crippen LogP contribution in [0, 0.1) is 133 Å². The Labute approximate surface area is 985 Å². The van der Waals surface area contributed by atoms with E-state index in [9.17, 15) is 4.79 Å². The van der Waals surface area contributed by atoms with Gasteiger partial charge in [0.25, 0.3) is 0 Å². The summed E-state index contributed by atoms with van der Waals surface area (Å²) in [6, 6.07) is 47.7. The normalized spacial score (nSPS) is 15.5. The van der Waals surface area contributed by atoms with Crippen molar-refractivity contribution in [3.05, 3.63) is 504 Å². The van der Waals surface area contributed by atoms with Gasteiger partial charge in [-0.3, -0.25) is 19.9 Å². The van der Waals surface area contributed by atoms with Gasteiger partial charge in [0.05, 0.1) is 83.7 Å². The molecule has 0 saturated carbocycles. The van der Waals surface area contributed by atoms with Crippen molar-refractivity contribution >= 4 is 144 Å². The number of pyridine rings is 5. The molecule has 150 heavy (non-hydrogen) atoms. The van der Waals surface area contributed by atoms with Crippen molar-refractivity contribution in [1.82, 2.24) is 47.4 Å². The fraction of sp³-hybridized carbons (Fsp3) is 0.0992. The molecule has 25 aromatic rings. The van der Waals surface area contributed by atoms with Gasteiger partial charge in [0.15, 0.2) is 0 Å². The van der Waals surface area contributed by atoms with E-state index in [1.54, 1.807) is 67.5 Å². The minimum atomic E-state index is -0.990. The van der Waals surface area contributed by atoms with Gasteiger partial charge >= 0.3 is 46.2 Å². The van der Waals surface area contributed by atoms with Gasteiger partial charge in [-0.15, -0.1) is 136 Å². The molecule has 11 heterocycles. The van der Waals surface area contributed by atoms with Gasteiger partial charge in [0, 0.05) is 144 Å². The first-order chi connectivity index (χ1) is 87.8. The number of aromatic carboxylic acids is 1. The smallest absolute Gasteiger partial charge is 0.510 e. The number of hydrogen-bond donors (Lipinski definition) is 1. The Morgan fingerprint density at radius 1 is 0.327 bits per heavy atom. The number of anilines is 5. The van der Waals surface area contributed by atoms with E-state index in [0.717, 1.165) is 17.1 Å². The predicted molar refractivity (Wildman–Crippen MR) is 602 cm³/mol. The fourth-order valence-corrected chi connectivity index (χ4v) is 17.7. The summed E-state index contributed by atoms with van der Waals surface area (Å²) in [6.45, 7) is 23.0. The molecule has 1 N–H and O–H groups in total. The molecule has 2 aliphatic heterocycles. The molecule has 745 valence electrons. The Morgan fingerprint density at radius 2 is 0.640 bits per heavy atom. The Morgan fingerprint density at radius 3 is 0.933 bits per heavy atom. The van der Waals surface area contributed by atoms with E-state index in [2.05, 4.69) is 132 Å². The summed E-state index contributed by atoms with van der Waals surface area (Å²) in [5, 5.41) is 9.62. The van der Waals surface area contributed by atoms with Crippen LogP contribution in [0.3, 0.4) is 0 Å². The number of para-hydroxylation sites is 5. The first-order valence-electron chi connectivity index (χ1n) is 65.8. The van der Waals surface area contributed by atoms with Gasteiger partial charge in [-0.05, 0) is 235 Å². The molecular formula is C131H105Ir3N13O2Pt-2. The van der Waals surface area contributed by atoms with Crippen LogP contribution in [0.5, 0.6) is 0 Å². The van der Waals surface area contributed by atoms with Gasteiger partial charge in [0.1, 0.15) is 5.69 Å². The van der Waals surface area contributed by atoms with Crippen LogP contribution in [0.15, 0.2) is 382 Å². The number of aromatic nitrogens is 9. The van der Waals surface area contributed by atoms with Crippen molar-refractivity contribution in [2.75, 3.05) is 21.7 Å². The van der Waals surface area contributed by atoms with Gasteiger partial charge in [0.2, 0.25) is 0 Å². The van der Waals surface area contributed by atoms with Gasteiger partial charge < -0.3 is 42.3 Å². The molecule has 0 fully saturated rings. The van der Waals surface area contributed by atoms with Gasteiger partial charge in [-0.25, -0.2) is 9.78 Å². The number of imidazole rings is 4. The summed E-state index contributed by atoms with van der Waals surface area (Å²) in [5.41, 5.74) is 11.3. The van der Waals surface area contributed by atoms with Gasteiger partial charge in [-0.1, -0.05) is 201 Å². The van der Waals surface area contributed by atoms with E-state index >= 15 is 0 Å². The Kier molecular flexibility index (Phi) is 20.3. The first-order valence-corrected chi connectivity index (χ1v) is 45.8. The number of carbonyl (C=O) groups is 1. The number of benzene rings is 16. The molecule has 0 bridgehead atoms. The number of hydrogen-bond acceptors (Lipinski definition) is 10. The van der Waals surface area contributed by atoms with Crippen molar-refractivity contribution in [1.29, 1.82) is 0 Å². The molecule has 0 unspecified atom stereocenters. The maximum Gasteiger partial charge on any atom is 3.00 e. The third kappa shape index (κ3) is 20.7. The molecule has 0 atom stereocenters. The van der Waals surface area contributed by atoms with Crippen LogP contribution in [0.1, 0.15) is 132 Å². The van der Waals surface area contributed by atoms with Crippen molar-refractivity contribution in [3.8, 4) is 45.0 Å². The zero-order chi connectivity index (χ0) is 135. The first kappa shape index (κ1) is 66.1. The van der Waals surface area contributed by atoms with Crippen LogP contribution in [-0.2, 0) is 81.4 Å². The summed E-state index contributed by atoms with van der Waals surface area (Å²) in [4.78, 5) is 39.6. The molecule has 15 nitrogen and oxygen atoms in total. The van der Waals surface area contributed by atoms with E-state index in [4.69, 9.17) is 59.9 Å². The van der Waals surface area contributed by atoms with Crippen molar-refractivity contribution in [3.63, 3.8) is 0 Å². The fourth-order valence-electron chi connectivity index (χ4n) is 17.7. The number of carboxylic acid groups (broad SMARTS) is 1. The molecular weight excluding hydrogens is 2560 g/mol. The van der Waals surface area contributed by atoms with E-state index in [1.807, 2.05) is 84.4 Å². The molecule has 19 heteroatoms. The summed E-state index contributed by atoms with van der Waals surface area (Å²) in [5.74, 6) is -0.990. The standard InChI is InChI=1S/4C24H19N2.C19H14N2.C10H10N2.C6H5NO2.3Ir.Pt/c4*1-15-11-12-21-20(13-15)18-9-4-5-10-19(18)24-25-14-22(26(21)24)23-16(2)7-6-8-17(23)3;1-3-9-16(10-4-1)20-15-21(17-11-5-2-6-12-17)19-14-8-7-13-18(19)20;1-11-7-8-12(9-11)10-5-3-2-4-6-10;8-6(9)5-3-1-2-4-7-5;;;;/h4*4-9,11-14H,1-3H3;1-11,13-15H;2-5,7-9H,1H3;1-4H,(H,8,9);;;;/q4*-1;2*-2;;;2*+3;/i4*4D,5D,6D,7D,8D,9D,11D,12D,13D,14D;;;;;;;. The van der Waals surface area contributed by atoms with E-state index in [-0.39, 0.29) is 459 Å². The summed E-state index contributed by atoms with van der Waals surface area (Å²) >= 11 is 0. The number of fused-ring (bicyclic) bond motifs is 25. The number of rotatable bonds is 8. The average molecular weight is 2710 g/mol. The van der Waals surface area contributed by atoms with Crippen LogP contribution in [0.25, 0.3) is 154 Å².